The number of carbonyl (C=O) groups excluding carboxylic acids is 2. The molecule has 166 valence electrons. The molecular weight excluding hydrogens is 396 g/mol. The van der Waals surface area contributed by atoms with Gasteiger partial charge in [0.15, 0.2) is 0 Å². The van der Waals surface area contributed by atoms with E-state index in [1.165, 1.54) is 14.2 Å². The van der Waals surface area contributed by atoms with Gasteiger partial charge in [-0.2, -0.15) is 0 Å². The van der Waals surface area contributed by atoms with E-state index in [1.807, 2.05) is 35.2 Å². The van der Waals surface area contributed by atoms with Gasteiger partial charge in [-0.15, -0.1) is 0 Å². The van der Waals surface area contributed by atoms with Crippen LogP contribution in [0.25, 0.3) is 0 Å². The summed E-state index contributed by atoms with van der Waals surface area (Å²) in [7, 11) is 3.08. The summed E-state index contributed by atoms with van der Waals surface area (Å²) in [6.07, 6.45) is 1.82. The fourth-order valence-corrected chi connectivity index (χ4v) is 3.68. The van der Waals surface area contributed by atoms with Crippen LogP contribution in [0.3, 0.4) is 0 Å². The van der Waals surface area contributed by atoms with E-state index in [0.29, 0.717) is 62.7 Å². The van der Waals surface area contributed by atoms with Crippen molar-refractivity contribution < 1.29 is 23.8 Å². The first-order valence-corrected chi connectivity index (χ1v) is 10.6. The van der Waals surface area contributed by atoms with E-state index in [2.05, 4.69) is 0 Å². The number of nitrogens with zero attached hydrogens (tertiary/aromatic N) is 2. The highest BCUT2D eigenvalue weighted by molar-refractivity contribution is 5.99. The van der Waals surface area contributed by atoms with Gasteiger partial charge >= 0.3 is 0 Å². The molecule has 0 aromatic heterocycles. The Balaban J connectivity index is 1.52. The molecule has 0 spiro atoms. The predicted molar refractivity (Wildman–Crippen MR) is 118 cm³/mol. The standard InChI is InChI=1S/C24H30N2O5/c1-29-20-11-6-12-21(30-2)23(20)24(28)26-15-8-14-25(16-17-26)22(27)13-7-18-31-19-9-4-3-5-10-19/h3-6,9-12H,7-8,13-18H2,1-2H3. The van der Waals surface area contributed by atoms with Gasteiger partial charge in [0.05, 0.1) is 20.8 Å². The smallest absolute Gasteiger partial charge is 0.261 e. The minimum Gasteiger partial charge on any atom is -0.496 e. The van der Waals surface area contributed by atoms with E-state index >= 15 is 0 Å². The third-order valence-corrected chi connectivity index (χ3v) is 5.32. The van der Waals surface area contributed by atoms with Crippen molar-refractivity contribution >= 4 is 11.8 Å². The van der Waals surface area contributed by atoms with Crippen LogP contribution in [0.5, 0.6) is 17.2 Å². The largest absolute Gasteiger partial charge is 0.496 e. The first kappa shape index (κ1) is 22.5. The highest BCUT2D eigenvalue weighted by Gasteiger charge is 2.26. The average Bonchev–Trinajstić information content (AvgIpc) is 3.08. The van der Waals surface area contributed by atoms with Gasteiger partial charge < -0.3 is 24.0 Å². The highest BCUT2D eigenvalue weighted by atomic mass is 16.5. The lowest BCUT2D eigenvalue weighted by atomic mass is 10.1. The summed E-state index contributed by atoms with van der Waals surface area (Å²) in [5, 5.41) is 0. The molecule has 1 aliphatic rings. The third kappa shape index (κ3) is 5.90. The summed E-state index contributed by atoms with van der Waals surface area (Å²) in [4.78, 5) is 29.4. The van der Waals surface area contributed by atoms with Gasteiger partial charge in [0.1, 0.15) is 22.8 Å². The zero-order valence-electron chi connectivity index (χ0n) is 18.2. The molecule has 0 saturated carbocycles. The molecule has 1 heterocycles. The van der Waals surface area contributed by atoms with Gasteiger partial charge in [-0.3, -0.25) is 9.59 Å². The molecule has 1 fully saturated rings. The van der Waals surface area contributed by atoms with Crippen LogP contribution in [-0.2, 0) is 4.79 Å². The molecule has 0 aliphatic carbocycles. The van der Waals surface area contributed by atoms with Crippen molar-refractivity contribution in [2.75, 3.05) is 47.0 Å². The van der Waals surface area contributed by atoms with Crippen LogP contribution in [0.4, 0.5) is 0 Å². The molecule has 0 radical (unpaired) electrons. The number of rotatable bonds is 8. The van der Waals surface area contributed by atoms with Crippen LogP contribution in [-0.4, -0.2) is 68.6 Å². The molecule has 7 heteroatoms. The number of hydrogen-bond acceptors (Lipinski definition) is 5. The first-order valence-electron chi connectivity index (χ1n) is 10.6. The van der Waals surface area contributed by atoms with Gasteiger partial charge in [0, 0.05) is 32.6 Å². The van der Waals surface area contributed by atoms with E-state index < -0.39 is 0 Å². The Labute approximate surface area is 183 Å². The predicted octanol–water partition coefficient (Wildman–Crippen LogP) is 3.24. The van der Waals surface area contributed by atoms with Crippen molar-refractivity contribution in [3.05, 3.63) is 54.1 Å². The summed E-state index contributed by atoms with van der Waals surface area (Å²) < 4.78 is 16.4. The fourth-order valence-electron chi connectivity index (χ4n) is 3.68. The van der Waals surface area contributed by atoms with Crippen LogP contribution < -0.4 is 14.2 Å². The van der Waals surface area contributed by atoms with Gasteiger partial charge in [-0.1, -0.05) is 24.3 Å². The Morgan fingerprint density at radius 1 is 0.839 bits per heavy atom. The van der Waals surface area contributed by atoms with E-state index in [1.54, 1.807) is 23.1 Å². The minimum absolute atomic E-state index is 0.0980. The molecule has 2 amide bonds. The highest BCUT2D eigenvalue weighted by Crippen LogP contribution is 2.30. The van der Waals surface area contributed by atoms with Gasteiger partial charge in [-0.25, -0.2) is 0 Å². The van der Waals surface area contributed by atoms with Gasteiger partial charge in [0.2, 0.25) is 5.91 Å². The Morgan fingerprint density at radius 3 is 2.16 bits per heavy atom. The summed E-state index contributed by atoms with van der Waals surface area (Å²) in [5.41, 5.74) is 0.422. The Morgan fingerprint density at radius 2 is 1.48 bits per heavy atom. The minimum atomic E-state index is -0.139. The van der Waals surface area contributed by atoms with Crippen molar-refractivity contribution in [3.8, 4) is 17.2 Å². The first-order chi connectivity index (χ1) is 15.1. The Kier molecular flexibility index (Phi) is 8.15. The molecule has 7 nitrogen and oxygen atoms in total. The Hall–Kier alpha value is -3.22. The van der Waals surface area contributed by atoms with Crippen LogP contribution in [0.2, 0.25) is 0 Å². The van der Waals surface area contributed by atoms with Crippen LogP contribution in [0.1, 0.15) is 29.6 Å². The molecule has 2 aromatic rings. The van der Waals surface area contributed by atoms with Gasteiger partial charge in [-0.05, 0) is 37.1 Å². The molecule has 2 aromatic carbocycles. The van der Waals surface area contributed by atoms with E-state index in [9.17, 15) is 9.59 Å². The molecule has 31 heavy (non-hydrogen) atoms. The quantitative estimate of drug-likeness (QED) is 0.606. The summed E-state index contributed by atoms with van der Waals surface area (Å²) in [6, 6.07) is 14.9. The number of amides is 2. The number of para-hydroxylation sites is 1. The van der Waals surface area contributed by atoms with Crippen molar-refractivity contribution in [1.29, 1.82) is 0 Å². The SMILES string of the molecule is COc1cccc(OC)c1C(=O)N1CCCN(C(=O)CCCOc2ccccc2)CC1. The number of hydrogen-bond donors (Lipinski definition) is 0. The zero-order chi connectivity index (χ0) is 22.1. The third-order valence-electron chi connectivity index (χ3n) is 5.32. The lowest BCUT2D eigenvalue weighted by molar-refractivity contribution is -0.131. The summed E-state index contributed by atoms with van der Waals surface area (Å²) in [6.45, 7) is 2.72. The number of ether oxygens (including phenoxy) is 3. The molecular formula is C24H30N2O5. The van der Waals surface area contributed by atoms with Crippen molar-refractivity contribution in [2.24, 2.45) is 0 Å². The second-order valence-corrected chi connectivity index (χ2v) is 7.33. The summed E-state index contributed by atoms with van der Waals surface area (Å²) >= 11 is 0. The van der Waals surface area contributed by atoms with Gasteiger partial charge in [0.25, 0.3) is 5.91 Å². The fraction of sp³-hybridized carbons (Fsp3) is 0.417. The number of benzene rings is 2. The topological polar surface area (TPSA) is 68.3 Å². The van der Waals surface area contributed by atoms with E-state index in [-0.39, 0.29) is 11.8 Å². The molecule has 3 rings (SSSR count). The van der Waals surface area contributed by atoms with E-state index in [4.69, 9.17) is 14.2 Å². The molecule has 1 saturated heterocycles. The lowest BCUT2D eigenvalue weighted by Gasteiger charge is -2.23. The van der Waals surface area contributed by atoms with Crippen LogP contribution in [0, 0.1) is 0 Å². The monoisotopic (exact) mass is 426 g/mol. The molecule has 0 N–H and O–H groups in total. The van der Waals surface area contributed by atoms with Crippen molar-refractivity contribution in [3.63, 3.8) is 0 Å². The molecule has 0 bridgehead atoms. The van der Waals surface area contributed by atoms with E-state index in [0.717, 1.165) is 12.2 Å². The molecule has 1 aliphatic heterocycles. The zero-order valence-corrected chi connectivity index (χ0v) is 18.2. The van der Waals surface area contributed by atoms with Crippen LogP contribution in [0.15, 0.2) is 48.5 Å². The number of methoxy groups -OCH3 is 2. The summed E-state index contributed by atoms with van der Waals surface area (Å²) in [5.74, 6) is 1.74. The van der Waals surface area contributed by atoms with Crippen molar-refractivity contribution in [1.82, 2.24) is 9.80 Å². The normalized spacial score (nSPS) is 14.0. The maximum atomic E-state index is 13.2. The lowest BCUT2D eigenvalue weighted by Crippen LogP contribution is -2.37. The average molecular weight is 427 g/mol. The second kappa shape index (κ2) is 11.2. The van der Waals surface area contributed by atoms with Crippen molar-refractivity contribution in [2.45, 2.75) is 19.3 Å². The molecule has 0 atom stereocenters. The second-order valence-electron chi connectivity index (χ2n) is 7.33. The number of carbonyl (C=O) groups is 2. The maximum absolute atomic E-state index is 13.2. The Bertz CT molecular complexity index is 849. The maximum Gasteiger partial charge on any atom is 0.261 e. The molecule has 0 unspecified atom stereocenters. The van der Waals surface area contributed by atoms with Crippen LogP contribution >= 0.6 is 0 Å².